The van der Waals surface area contributed by atoms with Crippen LogP contribution in [0.4, 0.5) is 0 Å². The van der Waals surface area contributed by atoms with Gasteiger partial charge in [-0.15, -0.1) is 0 Å². The van der Waals surface area contributed by atoms with Crippen molar-refractivity contribution in [2.75, 3.05) is 27.3 Å². The van der Waals surface area contributed by atoms with Crippen LogP contribution in [0, 0.1) is 0 Å². The average Bonchev–Trinajstić information content (AvgIpc) is 2.54. The second kappa shape index (κ2) is 6.88. The van der Waals surface area contributed by atoms with Gasteiger partial charge in [-0.1, -0.05) is 6.42 Å². The fourth-order valence-electron chi connectivity index (χ4n) is 3.77. The quantitative estimate of drug-likeness (QED) is 0.927. The summed E-state index contributed by atoms with van der Waals surface area (Å²) in [7, 11) is 3.57. The maximum atomic E-state index is 5.82. The van der Waals surface area contributed by atoms with Crippen LogP contribution in [0.5, 0.6) is 11.5 Å². The Morgan fingerprint density at radius 3 is 2.59 bits per heavy atom. The zero-order valence-electron chi connectivity index (χ0n) is 14.1. The fourth-order valence-corrected chi connectivity index (χ4v) is 3.77. The lowest BCUT2D eigenvalue weighted by Gasteiger charge is -2.31. The summed E-state index contributed by atoms with van der Waals surface area (Å²) < 4.78 is 11.5. The Kier molecular flexibility index (Phi) is 4.89. The van der Waals surface area contributed by atoms with Gasteiger partial charge in [-0.25, -0.2) is 0 Å². The summed E-state index contributed by atoms with van der Waals surface area (Å²) in [5.74, 6) is 2.08. The molecule has 2 heterocycles. The van der Waals surface area contributed by atoms with Crippen molar-refractivity contribution in [2.45, 2.75) is 51.7 Å². The highest BCUT2D eigenvalue weighted by Gasteiger charge is 2.25. The Balaban J connectivity index is 1.95. The van der Waals surface area contributed by atoms with Crippen LogP contribution < -0.4 is 14.8 Å². The Bertz CT molecular complexity index is 524. The predicted octanol–water partition coefficient (Wildman–Crippen LogP) is 2.72. The molecule has 1 fully saturated rings. The van der Waals surface area contributed by atoms with Crippen molar-refractivity contribution >= 4 is 0 Å². The average molecular weight is 304 g/mol. The molecule has 1 N–H and O–H groups in total. The van der Waals surface area contributed by atoms with Crippen molar-refractivity contribution in [1.82, 2.24) is 10.2 Å². The summed E-state index contributed by atoms with van der Waals surface area (Å²) in [6.07, 6.45) is 4.99. The first-order valence-corrected chi connectivity index (χ1v) is 8.44. The molecule has 1 unspecified atom stereocenters. The molecule has 0 aliphatic carbocycles. The molecule has 0 radical (unpaired) electrons. The lowest BCUT2D eigenvalue weighted by molar-refractivity contribution is 0.217. The number of ether oxygens (including phenoxy) is 2. The Morgan fingerprint density at radius 2 is 1.91 bits per heavy atom. The van der Waals surface area contributed by atoms with Crippen LogP contribution in [0.1, 0.15) is 42.9 Å². The van der Waals surface area contributed by atoms with Crippen LogP contribution in [-0.4, -0.2) is 38.3 Å². The third-order valence-corrected chi connectivity index (χ3v) is 4.94. The normalized spacial score (nSPS) is 22.2. The molecule has 0 spiro atoms. The van der Waals surface area contributed by atoms with Crippen molar-refractivity contribution in [3.8, 4) is 11.5 Å². The van der Waals surface area contributed by atoms with Crippen LogP contribution in [0.15, 0.2) is 6.07 Å². The number of likely N-dealkylation sites (tertiary alicyclic amines) is 1. The number of piperidine rings is 1. The van der Waals surface area contributed by atoms with Crippen molar-refractivity contribution in [3.05, 3.63) is 22.8 Å². The lowest BCUT2D eigenvalue weighted by Crippen LogP contribution is -2.34. The number of nitrogens with one attached hydrogen (secondary N) is 1. The molecule has 0 aromatic heterocycles. The summed E-state index contributed by atoms with van der Waals surface area (Å²) >= 11 is 0. The van der Waals surface area contributed by atoms with Gasteiger partial charge in [0.15, 0.2) is 0 Å². The minimum absolute atomic E-state index is 0.483. The van der Waals surface area contributed by atoms with E-state index >= 15 is 0 Å². The first-order chi connectivity index (χ1) is 10.7. The van der Waals surface area contributed by atoms with Crippen molar-refractivity contribution in [1.29, 1.82) is 0 Å². The molecule has 3 rings (SSSR count). The standard InChI is InChI=1S/C18H28N2O2/c1-13-9-15-16(11-19-13)17(21-2)10-14(18(15)22-3)12-20-7-5-4-6-8-20/h10,13,19H,4-9,11-12H2,1-3H3. The summed E-state index contributed by atoms with van der Waals surface area (Å²) in [6.45, 7) is 6.45. The smallest absolute Gasteiger partial charge is 0.127 e. The number of hydrogen-bond donors (Lipinski definition) is 1. The Hall–Kier alpha value is -1.26. The first kappa shape index (κ1) is 15.6. The lowest BCUT2D eigenvalue weighted by atomic mass is 9.92. The zero-order valence-corrected chi connectivity index (χ0v) is 14.1. The molecule has 2 aliphatic rings. The zero-order chi connectivity index (χ0) is 15.5. The van der Waals surface area contributed by atoms with E-state index in [-0.39, 0.29) is 0 Å². The van der Waals surface area contributed by atoms with Gasteiger partial charge >= 0.3 is 0 Å². The van der Waals surface area contributed by atoms with Crippen molar-refractivity contribution in [3.63, 3.8) is 0 Å². The molecule has 4 nitrogen and oxygen atoms in total. The maximum Gasteiger partial charge on any atom is 0.127 e. The van der Waals surface area contributed by atoms with Crippen LogP contribution in [0.25, 0.3) is 0 Å². The predicted molar refractivity (Wildman–Crippen MR) is 88.7 cm³/mol. The van der Waals surface area contributed by atoms with Crippen LogP contribution in [0.2, 0.25) is 0 Å². The maximum absolute atomic E-state index is 5.82. The number of benzene rings is 1. The third-order valence-electron chi connectivity index (χ3n) is 4.94. The van der Waals surface area contributed by atoms with E-state index < -0.39 is 0 Å². The highest BCUT2D eigenvalue weighted by atomic mass is 16.5. The van der Waals surface area contributed by atoms with E-state index in [1.807, 2.05) is 0 Å². The highest BCUT2D eigenvalue weighted by Crippen LogP contribution is 2.38. The molecule has 0 amide bonds. The number of hydrogen-bond acceptors (Lipinski definition) is 4. The van der Waals surface area contributed by atoms with E-state index in [0.717, 1.165) is 31.0 Å². The molecule has 22 heavy (non-hydrogen) atoms. The van der Waals surface area contributed by atoms with E-state index in [9.17, 15) is 0 Å². The SMILES string of the molecule is COc1cc(CN2CCCCC2)c(OC)c2c1CNC(C)C2. The van der Waals surface area contributed by atoms with Gasteiger partial charge in [-0.2, -0.15) is 0 Å². The van der Waals surface area contributed by atoms with Crippen LogP contribution >= 0.6 is 0 Å². The Morgan fingerprint density at radius 1 is 1.14 bits per heavy atom. The minimum Gasteiger partial charge on any atom is -0.496 e. The molecular formula is C18H28N2O2. The molecule has 4 heteroatoms. The van der Waals surface area contributed by atoms with Gasteiger partial charge in [0, 0.05) is 35.8 Å². The largest absolute Gasteiger partial charge is 0.496 e. The van der Waals surface area contributed by atoms with Crippen LogP contribution in [0.3, 0.4) is 0 Å². The van der Waals surface area contributed by atoms with Gasteiger partial charge in [0.1, 0.15) is 11.5 Å². The molecule has 0 bridgehead atoms. The molecule has 1 atom stereocenters. The molecule has 0 saturated carbocycles. The molecule has 2 aliphatic heterocycles. The van der Waals surface area contributed by atoms with Crippen molar-refractivity contribution < 1.29 is 9.47 Å². The molecular weight excluding hydrogens is 276 g/mol. The summed E-state index contributed by atoms with van der Waals surface area (Å²) in [5, 5.41) is 3.52. The van der Waals surface area contributed by atoms with E-state index in [1.54, 1.807) is 14.2 Å². The summed E-state index contributed by atoms with van der Waals surface area (Å²) in [6, 6.07) is 2.67. The molecule has 1 aromatic carbocycles. The third kappa shape index (κ3) is 3.08. The monoisotopic (exact) mass is 304 g/mol. The number of methoxy groups -OCH3 is 2. The molecule has 1 saturated heterocycles. The summed E-state index contributed by atoms with van der Waals surface area (Å²) in [4.78, 5) is 2.54. The van der Waals surface area contributed by atoms with Gasteiger partial charge in [0.2, 0.25) is 0 Å². The van der Waals surface area contributed by atoms with Crippen LogP contribution in [-0.2, 0) is 19.5 Å². The second-order valence-corrected chi connectivity index (χ2v) is 6.55. The van der Waals surface area contributed by atoms with Gasteiger partial charge in [0.25, 0.3) is 0 Å². The number of nitrogens with zero attached hydrogens (tertiary/aromatic N) is 1. The number of fused-ring (bicyclic) bond motifs is 1. The highest BCUT2D eigenvalue weighted by molar-refractivity contribution is 5.55. The van der Waals surface area contributed by atoms with E-state index in [4.69, 9.17) is 9.47 Å². The topological polar surface area (TPSA) is 33.7 Å². The van der Waals surface area contributed by atoms with E-state index in [1.165, 1.54) is 49.0 Å². The molecule has 122 valence electrons. The fraction of sp³-hybridized carbons (Fsp3) is 0.667. The van der Waals surface area contributed by atoms with Gasteiger partial charge in [-0.3, -0.25) is 4.90 Å². The van der Waals surface area contributed by atoms with Gasteiger partial charge in [0.05, 0.1) is 14.2 Å². The van der Waals surface area contributed by atoms with Gasteiger partial charge in [-0.05, 0) is 45.3 Å². The first-order valence-electron chi connectivity index (χ1n) is 8.44. The summed E-state index contributed by atoms with van der Waals surface area (Å²) in [5.41, 5.74) is 3.87. The van der Waals surface area contributed by atoms with E-state index in [2.05, 4.69) is 23.2 Å². The second-order valence-electron chi connectivity index (χ2n) is 6.55. The van der Waals surface area contributed by atoms with Crippen molar-refractivity contribution in [2.24, 2.45) is 0 Å². The Labute approximate surface area is 133 Å². The molecule has 1 aromatic rings. The van der Waals surface area contributed by atoms with Gasteiger partial charge < -0.3 is 14.8 Å². The van der Waals surface area contributed by atoms with E-state index in [0.29, 0.717) is 6.04 Å². The number of rotatable bonds is 4. The minimum atomic E-state index is 0.483.